The van der Waals surface area contributed by atoms with Gasteiger partial charge in [-0.15, -0.1) is 0 Å². The molecule has 12 heteroatoms. The van der Waals surface area contributed by atoms with Gasteiger partial charge in [0, 0.05) is 51.8 Å². The van der Waals surface area contributed by atoms with E-state index in [9.17, 15) is 22.8 Å². The van der Waals surface area contributed by atoms with Crippen LogP contribution in [0, 0.1) is 22.9 Å². The molecule has 2 aliphatic rings. The molecule has 1 saturated heterocycles. The number of piperazine rings is 1. The maximum Gasteiger partial charge on any atom is 0.318 e. The van der Waals surface area contributed by atoms with Crippen molar-refractivity contribution in [1.82, 2.24) is 25.1 Å². The van der Waals surface area contributed by atoms with Crippen LogP contribution in [0.15, 0.2) is 36.5 Å². The Bertz CT molecular complexity index is 1120. The molecule has 9 nitrogen and oxygen atoms in total. The molecular weight excluding hydrogens is 463 g/mol. The third-order valence-corrected chi connectivity index (χ3v) is 5.83. The van der Waals surface area contributed by atoms with Gasteiger partial charge in [0.15, 0.2) is 11.5 Å². The number of benzene rings is 1. The molecule has 0 radical (unpaired) electrons. The van der Waals surface area contributed by atoms with Crippen molar-refractivity contribution in [3.05, 3.63) is 65.3 Å². The average Bonchev–Trinajstić information content (AvgIpc) is 3.38. The molecule has 35 heavy (non-hydrogen) atoms. The Kier molecular flexibility index (Phi) is 7.28. The first-order chi connectivity index (χ1) is 16.9. The van der Waals surface area contributed by atoms with Gasteiger partial charge in [-0.2, -0.15) is 0 Å². The van der Waals surface area contributed by atoms with Crippen molar-refractivity contribution in [1.29, 1.82) is 5.41 Å². The minimum Gasteiger partial charge on any atom is -0.337 e. The summed E-state index contributed by atoms with van der Waals surface area (Å²) >= 11 is 0. The minimum atomic E-state index is -0.797. The molecule has 1 fully saturated rings. The number of hydrogen-bond acceptors (Lipinski definition) is 6. The monoisotopic (exact) mass is 487 g/mol. The van der Waals surface area contributed by atoms with E-state index in [1.54, 1.807) is 4.90 Å². The lowest BCUT2D eigenvalue weighted by molar-refractivity contribution is 0.0789. The number of nitrogens with one attached hydrogen (secondary N) is 2. The molecule has 184 valence electrons. The number of halogens is 3. The van der Waals surface area contributed by atoms with E-state index in [1.807, 2.05) is 12.2 Å². The summed E-state index contributed by atoms with van der Waals surface area (Å²) < 4.78 is 41.5. The number of anilines is 1. The van der Waals surface area contributed by atoms with Crippen LogP contribution in [0.5, 0.6) is 0 Å². The fourth-order valence-corrected chi connectivity index (χ4v) is 3.98. The smallest absolute Gasteiger partial charge is 0.318 e. The van der Waals surface area contributed by atoms with Crippen molar-refractivity contribution in [2.24, 2.45) is 0 Å². The lowest BCUT2D eigenvalue weighted by Gasteiger charge is -2.35. The molecular formula is C23H24F3N7O2. The molecule has 2 aliphatic heterocycles. The lowest BCUT2D eigenvalue weighted by Crippen LogP contribution is -2.52. The van der Waals surface area contributed by atoms with E-state index >= 15 is 0 Å². The van der Waals surface area contributed by atoms with Crippen LogP contribution >= 0.6 is 0 Å². The van der Waals surface area contributed by atoms with Crippen LogP contribution < -0.4 is 10.2 Å². The van der Waals surface area contributed by atoms with Crippen LogP contribution in [0.2, 0.25) is 0 Å². The standard InChI is InChI=1S/C23H24F3N7O2/c24-16-11-15(12-17(25)13-16)19(3-4-27)29-23(35)33-9-7-32(8-10-33)22-28-14-18(26)20(30-22)21(34)31-5-1-2-6-31/h1-2,4,11-14,19,27H,3,5-10H2,(H,29,35)/t19-/m0/s1. The first-order valence-corrected chi connectivity index (χ1v) is 11.1. The van der Waals surface area contributed by atoms with E-state index in [0.717, 1.165) is 30.6 Å². The number of aromatic nitrogens is 2. The van der Waals surface area contributed by atoms with Crippen LogP contribution in [0.3, 0.4) is 0 Å². The van der Waals surface area contributed by atoms with Crippen molar-refractivity contribution < 1.29 is 22.8 Å². The molecule has 0 spiro atoms. The Morgan fingerprint density at radius 2 is 1.69 bits per heavy atom. The number of amides is 3. The fourth-order valence-electron chi connectivity index (χ4n) is 3.98. The number of rotatable bonds is 6. The molecule has 2 N–H and O–H groups in total. The molecule has 3 amide bonds. The Balaban J connectivity index is 1.39. The summed E-state index contributed by atoms with van der Waals surface area (Å²) in [4.78, 5) is 38.3. The summed E-state index contributed by atoms with van der Waals surface area (Å²) in [5.41, 5.74) is -0.0706. The van der Waals surface area contributed by atoms with Gasteiger partial charge in [0.05, 0.1) is 12.2 Å². The van der Waals surface area contributed by atoms with Gasteiger partial charge in [0.2, 0.25) is 5.95 Å². The number of nitrogens with zero attached hydrogens (tertiary/aromatic N) is 5. The summed E-state index contributed by atoms with van der Waals surface area (Å²) in [5, 5.41) is 10.1. The van der Waals surface area contributed by atoms with Gasteiger partial charge in [0.25, 0.3) is 5.91 Å². The number of hydrogen-bond donors (Lipinski definition) is 2. The third kappa shape index (κ3) is 5.58. The molecule has 4 rings (SSSR count). The van der Waals surface area contributed by atoms with Crippen molar-refractivity contribution in [2.75, 3.05) is 44.2 Å². The molecule has 2 aromatic rings. The molecule has 0 bridgehead atoms. The SMILES string of the molecule is N=CC[C@H](NC(=O)N1CCN(c2ncc(F)c(C(=O)N3CC=CC3)n2)CC1)c1cc(F)cc(F)c1. The molecule has 0 aliphatic carbocycles. The first kappa shape index (κ1) is 24.2. The summed E-state index contributed by atoms with van der Waals surface area (Å²) in [5.74, 6) is -2.65. The summed E-state index contributed by atoms with van der Waals surface area (Å²) in [7, 11) is 0. The molecule has 1 aromatic heterocycles. The summed E-state index contributed by atoms with van der Waals surface area (Å²) in [6, 6.07) is 1.78. The predicted octanol–water partition coefficient (Wildman–Crippen LogP) is 2.52. The Morgan fingerprint density at radius 1 is 1.03 bits per heavy atom. The number of carbonyl (C=O) groups excluding carboxylic acids is 2. The zero-order chi connectivity index (χ0) is 24.9. The van der Waals surface area contributed by atoms with Gasteiger partial charge >= 0.3 is 6.03 Å². The summed E-state index contributed by atoms with van der Waals surface area (Å²) in [6.45, 7) is 2.02. The number of carbonyl (C=O) groups is 2. The van der Waals surface area contributed by atoms with Crippen molar-refractivity contribution in [2.45, 2.75) is 12.5 Å². The van der Waals surface area contributed by atoms with Gasteiger partial charge in [0.1, 0.15) is 11.6 Å². The quantitative estimate of drug-likeness (QED) is 0.481. The van der Waals surface area contributed by atoms with Crippen LogP contribution in [-0.4, -0.2) is 77.2 Å². The van der Waals surface area contributed by atoms with E-state index in [0.29, 0.717) is 26.2 Å². The molecule has 3 heterocycles. The van der Waals surface area contributed by atoms with E-state index in [-0.39, 0.29) is 36.7 Å². The predicted molar refractivity (Wildman–Crippen MR) is 122 cm³/mol. The van der Waals surface area contributed by atoms with Crippen LogP contribution in [0.25, 0.3) is 0 Å². The van der Waals surface area contributed by atoms with E-state index < -0.39 is 35.4 Å². The van der Waals surface area contributed by atoms with E-state index in [4.69, 9.17) is 5.41 Å². The topological polar surface area (TPSA) is 106 Å². The lowest BCUT2D eigenvalue weighted by atomic mass is 10.0. The third-order valence-electron chi connectivity index (χ3n) is 5.83. The van der Waals surface area contributed by atoms with Gasteiger partial charge < -0.3 is 25.4 Å². The molecule has 1 aromatic carbocycles. The molecule has 1 atom stereocenters. The normalized spacial score (nSPS) is 16.4. The highest BCUT2D eigenvalue weighted by molar-refractivity contribution is 5.93. The zero-order valence-electron chi connectivity index (χ0n) is 18.8. The van der Waals surface area contributed by atoms with Crippen molar-refractivity contribution >= 4 is 24.1 Å². The molecule has 0 saturated carbocycles. The van der Waals surface area contributed by atoms with E-state index in [2.05, 4.69) is 15.3 Å². The second kappa shape index (κ2) is 10.5. The van der Waals surface area contributed by atoms with Gasteiger partial charge in [-0.3, -0.25) is 4.79 Å². The molecule has 0 unspecified atom stereocenters. The van der Waals surface area contributed by atoms with Crippen LogP contribution in [0.4, 0.5) is 23.9 Å². The highest BCUT2D eigenvalue weighted by Gasteiger charge is 2.27. The van der Waals surface area contributed by atoms with Crippen molar-refractivity contribution in [3.8, 4) is 0 Å². The van der Waals surface area contributed by atoms with E-state index in [1.165, 1.54) is 9.80 Å². The zero-order valence-corrected chi connectivity index (χ0v) is 18.8. The Morgan fingerprint density at radius 3 is 2.31 bits per heavy atom. The first-order valence-electron chi connectivity index (χ1n) is 11.1. The second-order valence-corrected chi connectivity index (χ2v) is 8.17. The maximum atomic E-state index is 14.2. The van der Waals surface area contributed by atoms with Gasteiger partial charge in [-0.1, -0.05) is 12.2 Å². The maximum absolute atomic E-state index is 14.2. The highest BCUT2D eigenvalue weighted by Crippen LogP contribution is 2.20. The fraction of sp³-hybridized carbons (Fsp3) is 0.348. The number of urea groups is 1. The van der Waals surface area contributed by atoms with Crippen molar-refractivity contribution in [3.63, 3.8) is 0 Å². The highest BCUT2D eigenvalue weighted by atomic mass is 19.1. The van der Waals surface area contributed by atoms with Gasteiger partial charge in [-0.05, 0) is 23.9 Å². The Hall–Kier alpha value is -3.96. The second-order valence-electron chi connectivity index (χ2n) is 8.17. The Labute approximate surface area is 199 Å². The largest absolute Gasteiger partial charge is 0.337 e. The minimum absolute atomic E-state index is 0.0708. The average molecular weight is 487 g/mol. The van der Waals surface area contributed by atoms with Gasteiger partial charge in [-0.25, -0.2) is 27.9 Å². The van der Waals surface area contributed by atoms with Crippen LogP contribution in [-0.2, 0) is 0 Å². The van der Waals surface area contributed by atoms with Crippen LogP contribution in [0.1, 0.15) is 28.5 Å². The summed E-state index contributed by atoms with van der Waals surface area (Å²) in [6.07, 6.45) is 5.74.